The zero-order valence-corrected chi connectivity index (χ0v) is 14.0. The lowest BCUT2D eigenvalue weighted by atomic mass is 10.2. The first-order valence-electron chi connectivity index (χ1n) is 7.88. The number of aromatic nitrogens is 3. The Kier molecular flexibility index (Phi) is 5.31. The predicted octanol–water partition coefficient (Wildman–Crippen LogP) is 3.71. The van der Waals surface area contributed by atoms with Gasteiger partial charge >= 0.3 is 0 Å². The Morgan fingerprint density at radius 1 is 0.962 bits per heavy atom. The summed E-state index contributed by atoms with van der Waals surface area (Å²) in [5.41, 5.74) is 0.906. The van der Waals surface area contributed by atoms with Crippen LogP contribution in [-0.2, 0) is 6.42 Å². The Hall–Kier alpha value is -3.16. The molecule has 3 aromatic rings. The van der Waals surface area contributed by atoms with Crippen LogP contribution in [0.4, 0.5) is 30.6 Å². The van der Waals surface area contributed by atoms with E-state index in [0.717, 1.165) is 24.1 Å². The summed E-state index contributed by atoms with van der Waals surface area (Å²) in [7, 11) is 1.87. The first-order chi connectivity index (χ1) is 12.5. The first-order valence-corrected chi connectivity index (χ1v) is 7.88. The van der Waals surface area contributed by atoms with E-state index in [4.69, 9.17) is 0 Å². The number of hydrogen-bond donors (Lipinski definition) is 1. The van der Waals surface area contributed by atoms with Crippen LogP contribution >= 0.6 is 0 Å². The highest BCUT2D eigenvalue weighted by Crippen LogP contribution is 2.22. The summed E-state index contributed by atoms with van der Waals surface area (Å²) < 4.78 is 40.1. The molecule has 134 valence electrons. The van der Waals surface area contributed by atoms with Crippen molar-refractivity contribution < 1.29 is 13.2 Å². The van der Waals surface area contributed by atoms with E-state index < -0.39 is 17.5 Å². The smallest absolute Gasteiger partial charge is 0.229 e. The summed E-state index contributed by atoms with van der Waals surface area (Å²) in [4.78, 5) is 14.2. The molecule has 0 fully saturated rings. The molecule has 2 aromatic heterocycles. The van der Waals surface area contributed by atoms with E-state index in [9.17, 15) is 13.2 Å². The maximum absolute atomic E-state index is 13.8. The Labute approximate surface area is 148 Å². The van der Waals surface area contributed by atoms with Crippen molar-refractivity contribution in [2.45, 2.75) is 6.42 Å². The number of likely N-dealkylation sites (N-methyl/N-ethyl adjacent to an activating group) is 1. The topological polar surface area (TPSA) is 53.9 Å². The highest BCUT2D eigenvalue weighted by Gasteiger charge is 2.14. The lowest BCUT2D eigenvalue weighted by molar-refractivity contribution is 0.449. The Morgan fingerprint density at radius 3 is 2.50 bits per heavy atom. The molecule has 5 nitrogen and oxygen atoms in total. The van der Waals surface area contributed by atoms with Crippen molar-refractivity contribution >= 4 is 17.5 Å². The largest absolute Gasteiger partial charge is 0.359 e. The van der Waals surface area contributed by atoms with Crippen molar-refractivity contribution in [3.8, 4) is 0 Å². The molecule has 26 heavy (non-hydrogen) atoms. The third-order valence-corrected chi connectivity index (χ3v) is 3.80. The van der Waals surface area contributed by atoms with Gasteiger partial charge in [0, 0.05) is 32.2 Å². The fraction of sp³-hybridized carbons (Fsp3) is 0.167. The van der Waals surface area contributed by atoms with Gasteiger partial charge in [-0.1, -0.05) is 0 Å². The first kappa shape index (κ1) is 17.7. The van der Waals surface area contributed by atoms with Crippen molar-refractivity contribution in [2.24, 2.45) is 0 Å². The van der Waals surface area contributed by atoms with Crippen LogP contribution in [0, 0.1) is 17.5 Å². The molecule has 1 N–H and O–H groups in total. The molecule has 0 saturated heterocycles. The molecule has 0 amide bonds. The van der Waals surface area contributed by atoms with Crippen molar-refractivity contribution in [1.29, 1.82) is 0 Å². The molecule has 0 aliphatic heterocycles. The number of nitrogens with zero attached hydrogens (tertiary/aromatic N) is 4. The zero-order chi connectivity index (χ0) is 18.5. The number of nitrogens with one attached hydrogen (secondary N) is 1. The van der Waals surface area contributed by atoms with Crippen molar-refractivity contribution in [3.63, 3.8) is 0 Å². The van der Waals surface area contributed by atoms with Gasteiger partial charge in [-0.3, -0.25) is 4.98 Å². The van der Waals surface area contributed by atoms with Gasteiger partial charge in [0.25, 0.3) is 0 Å². The minimum atomic E-state index is -1.54. The van der Waals surface area contributed by atoms with E-state index >= 15 is 0 Å². The van der Waals surface area contributed by atoms with Gasteiger partial charge in [0.1, 0.15) is 5.82 Å². The standard InChI is InChI=1S/C18H16F3N5/c1-26(11-7-12-4-8-22-9-5-12)15-6-10-23-18(25-15)24-14-3-2-13(19)16(20)17(14)21/h2-6,8-10H,7,11H2,1H3,(H,23,24,25). The summed E-state index contributed by atoms with van der Waals surface area (Å²) in [5, 5.41) is 2.57. The molecule has 2 heterocycles. The van der Waals surface area contributed by atoms with E-state index in [2.05, 4.69) is 20.3 Å². The van der Waals surface area contributed by atoms with Crippen LogP contribution < -0.4 is 10.2 Å². The molecule has 0 aliphatic rings. The average molecular weight is 359 g/mol. The predicted molar refractivity (Wildman–Crippen MR) is 92.8 cm³/mol. The number of halogens is 3. The van der Waals surface area contributed by atoms with Crippen molar-refractivity contribution in [1.82, 2.24) is 15.0 Å². The van der Waals surface area contributed by atoms with Gasteiger partial charge in [0.15, 0.2) is 17.5 Å². The number of anilines is 3. The van der Waals surface area contributed by atoms with Gasteiger partial charge in [-0.05, 0) is 42.3 Å². The lowest BCUT2D eigenvalue weighted by Crippen LogP contribution is -2.21. The van der Waals surface area contributed by atoms with Crippen molar-refractivity contribution in [3.05, 3.63) is 71.9 Å². The van der Waals surface area contributed by atoms with E-state index in [1.165, 1.54) is 6.20 Å². The molecular weight excluding hydrogens is 343 g/mol. The molecule has 0 unspecified atom stereocenters. The van der Waals surface area contributed by atoms with Crippen LogP contribution in [0.25, 0.3) is 0 Å². The molecule has 0 bridgehead atoms. The molecule has 8 heteroatoms. The van der Waals surface area contributed by atoms with Gasteiger partial charge in [0.05, 0.1) is 5.69 Å². The second-order valence-electron chi connectivity index (χ2n) is 5.61. The van der Waals surface area contributed by atoms with Gasteiger partial charge in [-0.2, -0.15) is 4.98 Å². The normalized spacial score (nSPS) is 10.6. The number of hydrogen-bond acceptors (Lipinski definition) is 5. The summed E-state index contributed by atoms with van der Waals surface area (Å²) >= 11 is 0. The Balaban J connectivity index is 1.71. The number of rotatable bonds is 6. The molecule has 0 aliphatic carbocycles. The fourth-order valence-electron chi connectivity index (χ4n) is 2.33. The SMILES string of the molecule is CN(CCc1ccncc1)c1ccnc(Nc2ccc(F)c(F)c2F)n1. The van der Waals surface area contributed by atoms with Crippen molar-refractivity contribution in [2.75, 3.05) is 23.8 Å². The van der Waals surface area contributed by atoms with E-state index in [1.54, 1.807) is 18.5 Å². The van der Waals surface area contributed by atoms with E-state index in [0.29, 0.717) is 12.4 Å². The van der Waals surface area contributed by atoms with Gasteiger partial charge in [0.2, 0.25) is 5.95 Å². The zero-order valence-electron chi connectivity index (χ0n) is 14.0. The van der Waals surface area contributed by atoms with Crippen LogP contribution in [0.3, 0.4) is 0 Å². The van der Waals surface area contributed by atoms with Gasteiger partial charge in [-0.15, -0.1) is 0 Å². The van der Waals surface area contributed by atoms with Crippen LogP contribution in [0.15, 0.2) is 48.9 Å². The molecule has 0 atom stereocenters. The average Bonchev–Trinajstić information content (AvgIpc) is 2.67. The third kappa shape index (κ3) is 4.08. The second-order valence-corrected chi connectivity index (χ2v) is 5.61. The minimum Gasteiger partial charge on any atom is -0.359 e. The fourth-order valence-corrected chi connectivity index (χ4v) is 2.33. The summed E-state index contributed by atoms with van der Waals surface area (Å²) in [6.45, 7) is 0.694. The molecule has 0 radical (unpaired) electrons. The van der Waals surface area contributed by atoms with E-state index in [1.807, 2.05) is 24.1 Å². The molecule has 3 rings (SSSR count). The maximum Gasteiger partial charge on any atom is 0.229 e. The van der Waals surface area contributed by atoms with Gasteiger partial charge < -0.3 is 10.2 Å². The highest BCUT2D eigenvalue weighted by atomic mass is 19.2. The summed E-state index contributed by atoms with van der Waals surface area (Å²) in [6.07, 6.45) is 5.77. The van der Waals surface area contributed by atoms with Crippen LogP contribution in [-0.4, -0.2) is 28.5 Å². The molecule has 0 spiro atoms. The summed E-state index contributed by atoms with van der Waals surface area (Å²) in [5.74, 6) is -3.41. The monoisotopic (exact) mass is 359 g/mol. The summed E-state index contributed by atoms with van der Waals surface area (Å²) in [6, 6.07) is 7.51. The number of pyridine rings is 1. The quantitative estimate of drug-likeness (QED) is 0.680. The molecular formula is C18H16F3N5. The molecule has 1 aromatic carbocycles. The minimum absolute atomic E-state index is 0.0863. The van der Waals surface area contributed by atoms with Crippen LogP contribution in [0.1, 0.15) is 5.56 Å². The lowest BCUT2D eigenvalue weighted by Gasteiger charge is -2.18. The third-order valence-electron chi connectivity index (χ3n) is 3.80. The number of benzene rings is 1. The van der Waals surface area contributed by atoms with Gasteiger partial charge in [-0.25, -0.2) is 18.2 Å². The highest BCUT2D eigenvalue weighted by molar-refractivity contribution is 5.56. The molecule has 0 saturated carbocycles. The Morgan fingerprint density at radius 2 is 1.73 bits per heavy atom. The van der Waals surface area contributed by atoms with Crippen LogP contribution in [0.5, 0.6) is 0 Å². The maximum atomic E-state index is 13.8. The Bertz CT molecular complexity index is 889. The second kappa shape index (κ2) is 7.81. The van der Waals surface area contributed by atoms with Crippen LogP contribution in [0.2, 0.25) is 0 Å². The van der Waals surface area contributed by atoms with E-state index in [-0.39, 0.29) is 11.6 Å².